The quantitative estimate of drug-likeness (QED) is 0.815. The lowest BCUT2D eigenvalue weighted by Gasteiger charge is -2.20. The molecule has 1 heterocycles. The number of aryl methyl sites for hydroxylation is 1. The lowest BCUT2D eigenvalue weighted by molar-refractivity contribution is 0.616. The molecule has 0 aliphatic heterocycles. The summed E-state index contributed by atoms with van der Waals surface area (Å²) in [5, 5.41) is 5.50. The van der Waals surface area contributed by atoms with E-state index in [1.807, 2.05) is 18.0 Å². The number of hydrogen-bond donors (Lipinski definition) is 1. The molecule has 0 amide bonds. The van der Waals surface area contributed by atoms with E-state index in [1.165, 1.54) is 16.5 Å². The topological polar surface area (TPSA) is 15.3 Å². The van der Waals surface area contributed by atoms with E-state index in [0.29, 0.717) is 5.69 Å². The molecule has 1 aromatic carbocycles. The highest BCUT2D eigenvalue weighted by Crippen LogP contribution is 2.17. The van der Waals surface area contributed by atoms with Gasteiger partial charge >= 0.3 is 0 Å². The molecule has 0 unspecified atom stereocenters. The van der Waals surface area contributed by atoms with Crippen LogP contribution < -0.4 is 10.2 Å². The van der Waals surface area contributed by atoms with Crippen molar-refractivity contribution in [1.82, 2.24) is 5.32 Å². The number of thiophene rings is 1. The molecule has 0 aliphatic carbocycles. The van der Waals surface area contributed by atoms with Crippen LogP contribution in [-0.4, -0.2) is 20.1 Å². The van der Waals surface area contributed by atoms with Crippen molar-refractivity contribution >= 4 is 17.0 Å². The molecule has 1 aromatic heterocycles. The summed E-state index contributed by atoms with van der Waals surface area (Å²) in [6, 6.07) is 9.00. The zero-order chi connectivity index (χ0) is 13.7. The Bertz CT molecular complexity index is 524. The molecule has 102 valence electrons. The lowest BCUT2D eigenvalue weighted by Crippen LogP contribution is -2.29. The van der Waals surface area contributed by atoms with E-state index < -0.39 is 0 Å². The Morgan fingerprint density at radius 1 is 1.26 bits per heavy atom. The van der Waals surface area contributed by atoms with E-state index in [9.17, 15) is 4.39 Å². The van der Waals surface area contributed by atoms with Crippen molar-refractivity contribution in [2.75, 3.05) is 25.0 Å². The van der Waals surface area contributed by atoms with Crippen molar-refractivity contribution in [1.29, 1.82) is 0 Å². The van der Waals surface area contributed by atoms with Gasteiger partial charge in [0.05, 0.1) is 5.69 Å². The number of rotatable bonds is 6. The van der Waals surface area contributed by atoms with Gasteiger partial charge in [-0.05, 0) is 36.1 Å². The summed E-state index contributed by atoms with van der Waals surface area (Å²) in [6.45, 7) is 4.63. The smallest absolute Gasteiger partial charge is 0.146 e. The zero-order valence-corrected chi connectivity index (χ0v) is 12.1. The van der Waals surface area contributed by atoms with Crippen LogP contribution in [0.3, 0.4) is 0 Å². The molecule has 0 spiro atoms. The summed E-state index contributed by atoms with van der Waals surface area (Å²) in [7, 11) is 1.91. The average Bonchev–Trinajstić information content (AvgIpc) is 2.80. The third-order valence-corrected chi connectivity index (χ3v) is 4.16. The van der Waals surface area contributed by atoms with Gasteiger partial charge in [0.25, 0.3) is 0 Å². The minimum atomic E-state index is -0.167. The largest absolute Gasteiger partial charge is 0.371 e. The molecule has 2 aromatic rings. The maximum absolute atomic E-state index is 13.6. The van der Waals surface area contributed by atoms with Crippen LogP contribution in [0.2, 0.25) is 0 Å². The summed E-state index contributed by atoms with van der Waals surface area (Å²) in [5.41, 5.74) is 1.98. The van der Waals surface area contributed by atoms with Gasteiger partial charge in [-0.2, -0.15) is 0 Å². The van der Waals surface area contributed by atoms with Gasteiger partial charge in [-0.15, -0.1) is 11.3 Å². The van der Waals surface area contributed by atoms with E-state index in [2.05, 4.69) is 23.7 Å². The number of likely N-dealkylation sites (N-methyl/N-ethyl adjacent to an activating group) is 1. The van der Waals surface area contributed by atoms with Gasteiger partial charge in [-0.1, -0.05) is 12.1 Å². The van der Waals surface area contributed by atoms with Crippen LogP contribution in [0.15, 0.2) is 35.7 Å². The monoisotopic (exact) mass is 278 g/mol. The van der Waals surface area contributed by atoms with Gasteiger partial charge < -0.3 is 10.2 Å². The Morgan fingerprint density at radius 3 is 2.74 bits per heavy atom. The SMILES string of the molecule is Cc1ccsc1CNCCN(C)c1ccccc1F. The van der Waals surface area contributed by atoms with Crippen LogP contribution in [0, 0.1) is 12.7 Å². The van der Waals surface area contributed by atoms with Crippen molar-refractivity contribution in [3.8, 4) is 0 Å². The van der Waals surface area contributed by atoms with Crippen LogP contribution in [0.5, 0.6) is 0 Å². The summed E-state index contributed by atoms with van der Waals surface area (Å²) in [6.07, 6.45) is 0. The Labute approximate surface area is 117 Å². The molecule has 2 nitrogen and oxygen atoms in total. The molecule has 0 bridgehead atoms. The highest BCUT2D eigenvalue weighted by atomic mass is 32.1. The second-order valence-corrected chi connectivity index (χ2v) is 5.58. The van der Waals surface area contributed by atoms with Crippen LogP contribution in [0.25, 0.3) is 0 Å². The number of nitrogens with zero attached hydrogens (tertiary/aromatic N) is 1. The molecule has 4 heteroatoms. The van der Waals surface area contributed by atoms with E-state index in [4.69, 9.17) is 0 Å². The lowest BCUT2D eigenvalue weighted by atomic mass is 10.3. The second kappa shape index (κ2) is 6.68. The van der Waals surface area contributed by atoms with Gasteiger partial charge in [0.2, 0.25) is 0 Å². The molecule has 0 saturated carbocycles. The number of hydrogen-bond acceptors (Lipinski definition) is 3. The van der Waals surface area contributed by atoms with E-state index >= 15 is 0 Å². The molecule has 0 aliphatic rings. The Kier molecular flexibility index (Phi) is 4.93. The van der Waals surface area contributed by atoms with E-state index in [-0.39, 0.29) is 5.82 Å². The number of halogens is 1. The zero-order valence-electron chi connectivity index (χ0n) is 11.3. The van der Waals surface area contributed by atoms with Crippen molar-refractivity contribution in [3.63, 3.8) is 0 Å². The van der Waals surface area contributed by atoms with Crippen LogP contribution in [0.1, 0.15) is 10.4 Å². The maximum atomic E-state index is 13.6. The first-order chi connectivity index (χ1) is 9.18. The third-order valence-electron chi connectivity index (χ3n) is 3.14. The molecule has 0 saturated heterocycles. The molecular weight excluding hydrogens is 259 g/mol. The molecule has 0 fully saturated rings. The van der Waals surface area contributed by atoms with Gasteiger partial charge in [-0.3, -0.25) is 0 Å². The predicted octanol–water partition coefficient (Wildman–Crippen LogP) is 3.42. The standard InChI is InChI=1S/C15H19FN2S/c1-12-7-10-19-15(12)11-17-8-9-18(2)14-6-4-3-5-13(14)16/h3-7,10,17H,8-9,11H2,1-2H3. The fourth-order valence-electron chi connectivity index (χ4n) is 1.92. The van der Waals surface area contributed by atoms with Crippen LogP contribution in [0.4, 0.5) is 10.1 Å². The third kappa shape index (κ3) is 3.78. The fourth-order valence-corrected chi connectivity index (χ4v) is 2.79. The van der Waals surface area contributed by atoms with Crippen molar-refractivity contribution in [2.24, 2.45) is 0 Å². The van der Waals surface area contributed by atoms with Crippen LogP contribution in [-0.2, 0) is 6.54 Å². The Hall–Kier alpha value is -1.39. The van der Waals surface area contributed by atoms with Gasteiger partial charge in [0.15, 0.2) is 0 Å². The number of para-hydroxylation sites is 1. The Balaban J connectivity index is 1.77. The van der Waals surface area contributed by atoms with Gasteiger partial charge in [-0.25, -0.2) is 4.39 Å². The van der Waals surface area contributed by atoms with Crippen molar-refractivity contribution in [3.05, 3.63) is 52.0 Å². The first-order valence-electron chi connectivity index (χ1n) is 6.38. The minimum absolute atomic E-state index is 0.167. The fraction of sp³-hybridized carbons (Fsp3) is 0.333. The summed E-state index contributed by atoms with van der Waals surface area (Å²) in [5.74, 6) is -0.167. The molecule has 19 heavy (non-hydrogen) atoms. The summed E-state index contributed by atoms with van der Waals surface area (Å²) < 4.78 is 13.6. The number of benzene rings is 1. The first-order valence-corrected chi connectivity index (χ1v) is 7.26. The summed E-state index contributed by atoms with van der Waals surface area (Å²) >= 11 is 1.77. The molecular formula is C15H19FN2S. The summed E-state index contributed by atoms with van der Waals surface area (Å²) in [4.78, 5) is 3.30. The van der Waals surface area contributed by atoms with Crippen LogP contribution >= 0.6 is 11.3 Å². The molecule has 0 radical (unpaired) electrons. The maximum Gasteiger partial charge on any atom is 0.146 e. The van der Waals surface area contributed by atoms with Gasteiger partial charge in [0.1, 0.15) is 5.82 Å². The number of anilines is 1. The average molecular weight is 278 g/mol. The van der Waals surface area contributed by atoms with E-state index in [1.54, 1.807) is 23.5 Å². The number of nitrogens with one attached hydrogen (secondary N) is 1. The highest BCUT2D eigenvalue weighted by Gasteiger charge is 2.05. The molecule has 1 N–H and O–H groups in total. The van der Waals surface area contributed by atoms with Crippen molar-refractivity contribution in [2.45, 2.75) is 13.5 Å². The first kappa shape index (κ1) is 14.0. The highest BCUT2D eigenvalue weighted by molar-refractivity contribution is 7.10. The van der Waals surface area contributed by atoms with E-state index in [0.717, 1.165) is 19.6 Å². The molecule has 2 rings (SSSR count). The van der Waals surface area contributed by atoms with Gasteiger partial charge in [0, 0.05) is 31.6 Å². The second-order valence-electron chi connectivity index (χ2n) is 4.58. The van der Waals surface area contributed by atoms with Crippen molar-refractivity contribution < 1.29 is 4.39 Å². The Morgan fingerprint density at radius 2 is 2.05 bits per heavy atom. The molecule has 0 atom stereocenters. The normalized spacial score (nSPS) is 10.7. The minimum Gasteiger partial charge on any atom is -0.371 e. The predicted molar refractivity (Wildman–Crippen MR) is 80.4 cm³/mol.